The van der Waals surface area contributed by atoms with E-state index in [0.29, 0.717) is 48.3 Å². The minimum absolute atomic E-state index is 0.0405. The number of carbonyl (C=O) groups excluding carboxylic acids is 2. The third kappa shape index (κ3) is 3.63. The lowest BCUT2D eigenvalue weighted by Crippen LogP contribution is -2.15. The highest BCUT2D eigenvalue weighted by molar-refractivity contribution is 9.11. The molecule has 0 fully saturated rings. The number of aromatic hydroxyl groups is 4. The van der Waals surface area contributed by atoms with Gasteiger partial charge in [0.1, 0.15) is 33.2 Å². The van der Waals surface area contributed by atoms with Gasteiger partial charge in [-0.1, -0.05) is 15.9 Å². The molecule has 0 bridgehead atoms. The Bertz CT molecular complexity index is 1940. The Morgan fingerprint density at radius 1 is 0.700 bits per heavy atom. The number of hydrogen-bond acceptors (Lipinski definition) is 7. The first kappa shape index (κ1) is 28.9. The first-order chi connectivity index (χ1) is 18.7. The number of ketones is 2. The van der Waals surface area contributed by atoms with Crippen molar-refractivity contribution >= 4 is 103 Å². The molecule has 4 aromatic rings. The Morgan fingerprint density at radius 2 is 1.23 bits per heavy atom. The Labute approximate surface area is 261 Å². The van der Waals surface area contributed by atoms with Crippen molar-refractivity contribution < 1.29 is 35.1 Å². The molecule has 5 rings (SSSR count). The van der Waals surface area contributed by atoms with Crippen LogP contribution in [0.5, 0.6) is 23.0 Å². The topological polar surface area (TPSA) is 135 Å². The molecule has 0 unspecified atom stereocenters. The van der Waals surface area contributed by atoms with Gasteiger partial charge in [-0.2, -0.15) is 0 Å². The molecule has 7 nitrogen and oxygen atoms in total. The van der Waals surface area contributed by atoms with Crippen LogP contribution in [0.25, 0.3) is 38.7 Å². The second-order valence-electron chi connectivity index (χ2n) is 9.65. The van der Waals surface area contributed by atoms with Gasteiger partial charge in [-0.25, -0.2) is 0 Å². The van der Waals surface area contributed by atoms with Crippen LogP contribution in [0.1, 0.15) is 55.5 Å². The third-order valence-corrected chi connectivity index (χ3v) is 10.7. The highest BCUT2D eigenvalue weighted by atomic mass is 79.9. The van der Waals surface area contributed by atoms with Gasteiger partial charge < -0.3 is 25.5 Å². The lowest BCUT2D eigenvalue weighted by molar-refractivity contribution is 0.101. The van der Waals surface area contributed by atoms with E-state index >= 15 is 0 Å². The number of rotatable bonds is 3. The molecular weight excluding hydrogens is 780 g/mol. The van der Waals surface area contributed by atoms with Gasteiger partial charge in [0.25, 0.3) is 0 Å². The van der Waals surface area contributed by atoms with Crippen molar-refractivity contribution in [2.75, 3.05) is 5.33 Å². The summed E-state index contributed by atoms with van der Waals surface area (Å²) in [4.78, 5) is 27.2. The number of phenolic OH excluding ortho intramolecular Hbond substituents is 4. The Hall–Kier alpha value is -2.60. The SMILES string of the molecule is CC(=O)c1c(O)c(Br)c(C)c2c1c(C)c1c3c(c(O)c(Br)c(C)c32)C(=O)c2c(O)c(Br)c(O)c(/C=C(\O)CBr)c2-1. The van der Waals surface area contributed by atoms with Gasteiger partial charge in [-0.05, 0) is 115 Å². The summed E-state index contributed by atoms with van der Waals surface area (Å²) < 4.78 is 0.404. The average Bonchev–Trinajstić information content (AvgIpc) is 2.90. The van der Waals surface area contributed by atoms with Gasteiger partial charge in [0, 0.05) is 21.9 Å². The number of fused-ring (bicyclic) bond motifs is 4. The van der Waals surface area contributed by atoms with E-state index in [1.165, 1.54) is 13.0 Å². The van der Waals surface area contributed by atoms with Crippen LogP contribution in [-0.4, -0.2) is 42.4 Å². The normalized spacial score (nSPS) is 12.9. The molecule has 0 radical (unpaired) electrons. The van der Waals surface area contributed by atoms with Crippen molar-refractivity contribution in [1.29, 1.82) is 0 Å². The van der Waals surface area contributed by atoms with Crippen molar-refractivity contribution in [3.63, 3.8) is 0 Å². The fourth-order valence-electron chi connectivity index (χ4n) is 5.76. The number of phenols is 4. The predicted octanol–water partition coefficient (Wildman–Crippen LogP) is 8.74. The van der Waals surface area contributed by atoms with Gasteiger partial charge in [0.15, 0.2) is 5.78 Å². The number of Topliss-reactive ketones (excluding diaryl/α,β-unsaturated/α-hetero) is 1. The standard InChI is InChI=1S/C29H20Br4O7/c1-7-13-15(8(2)22(31)27(38)17(13)10(4)34)16-9(3)23(32)28(39)21-19(16)14(7)18-12(5-11(35)6-30)25(36)24(33)29(40)20(18)26(21)37/h5,35-36,38-40H,6H2,1-4H3/b11-5-. The second kappa shape index (κ2) is 9.75. The molecule has 1 aliphatic rings. The first-order valence-corrected chi connectivity index (χ1v) is 15.3. The summed E-state index contributed by atoms with van der Waals surface area (Å²) in [5, 5.41) is 57.1. The summed E-state index contributed by atoms with van der Waals surface area (Å²) in [6.07, 6.45) is 1.28. The number of allylic oxidation sites excluding steroid dienone is 1. The zero-order valence-corrected chi connectivity index (χ0v) is 27.7. The summed E-state index contributed by atoms with van der Waals surface area (Å²) in [7, 11) is 0. The summed E-state index contributed by atoms with van der Waals surface area (Å²) in [6, 6.07) is 0. The number of halogens is 4. The van der Waals surface area contributed by atoms with Gasteiger partial charge in [0.05, 0.1) is 31.0 Å². The fraction of sp³-hybridized carbons (Fsp3) is 0.172. The molecule has 0 heterocycles. The molecule has 0 spiro atoms. The Balaban J connectivity index is 2.28. The fourth-order valence-corrected chi connectivity index (χ4v) is 7.12. The number of aliphatic hydroxyl groups excluding tert-OH is 1. The van der Waals surface area contributed by atoms with E-state index in [1.807, 2.05) is 0 Å². The summed E-state index contributed by atoms with van der Waals surface area (Å²) in [5.74, 6) is -2.81. The van der Waals surface area contributed by atoms with Crippen LogP contribution in [0.15, 0.2) is 19.2 Å². The molecule has 0 aromatic heterocycles. The van der Waals surface area contributed by atoms with E-state index in [0.717, 1.165) is 0 Å². The molecule has 0 atom stereocenters. The maximum atomic E-state index is 14.2. The zero-order chi connectivity index (χ0) is 29.7. The van der Waals surface area contributed by atoms with Crippen molar-refractivity contribution in [1.82, 2.24) is 0 Å². The molecule has 0 amide bonds. The monoisotopic (exact) mass is 796 g/mol. The van der Waals surface area contributed by atoms with Crippen molar-refractivity contribution in [3.05, 3.63) is 58.1 Å². The number of aryl methyl sites for hydroxylation is 3. The van der Waals surface area contributed by atoms with Crippen LogP contribution in [0.4, 0.5) is 0 Å². The van der Waals surface area contributed by atoms with E-state index in [-0.39, 0.29) is 59.4 Å². The quantitative estimate of drug-likeness (QED) is 0.0533. The predicted molar refractivity (Wildman–Crippen MR) is 169 cm³/mol. The summed E-state index contributed by atoms with van der Waals surface area (Å²) >= 11 is 13.2. The average molecular weight is 800 g/mol. The molecule has 0 saturated heterocycles. The highest BCUT2D eigenvalue weighted by Crippen LogP contribution is 2.58. The van der Waals surface area contributed by atoms with Crippen molar-refractivity contribution in [3.8, 4) is 34.1 Å². The van der Waals surface area contributed by atoms with Crippen LogP contribution in [0, 0.1) is 20.8 Å². The minimum Gasteiger partial charge on any atom is -0.511 e. The Morgan fingerprint density at radius 3 is 1.77 bits per heavy atom. The van der Waals surface area contributed by atoms with E-state index in [2.05, 4.69) is 63.7 Å². The molecule has 11 heteroatoms. The molecule has 5 N–H and O–H groups in total. The van der Waals surface area contributed by atoms with Gasteiger partial charge in [-0.15, -0.1) is 0 Å². The van der Waals surface area contributed by atoms with Gasteiger partial charge in [0.2, 0.25) is 5.78 Å². The molecule has 4 aromatic carbocycles. The second-order valence-corrected chi connectivity index (χ2v) is 12.6. The van der Waals surface area contributed by atoms with Crippen LogP contribution in [0.3, 0.4) is 0 Å². The van der Waals surface area contributed by atoms with Crippen LogP contribution in [0.2, 0.25) is 0 Å². The van der Waals surface area contributed by atoms with Crippen LogP contribution in [-0.2, 0) is 0 Å². The highest BCUT2D eigenvalue weighted by Gasteiger charge is 2.39. The molecule has 40 heavy (non-hydrogen) atoms. The molecule has 1 aliphatic carbocycles. The zero-order valence-electron chi connectivity index (χ0n) is 21.3. The largest absolute Gasteiger partial charge is 0.511 e. The number of alkyl halides is 1. The van der Waals surface area contributed by atoms with Crippen molar-refractivity contribution in [2.45, 2.75) is 27.7 Å². The third-order valence-electron chi connectivity index (χ3n) is 7.48. The Kier molecular flexibility index (Phi) is 7.05. The van der Waals surface area contributed by atoms with Crippen LogP contribution < -0.4 is 0 Å². The molecule has 0 aliphatic heterocycles. The number of benzene rings is 4. The lowest BCUT2D eigenvalue weighted by atomic mass is 9.74. The van der Waals surface area contributed by atoms with E-state index in [9.17, 15) is 35.1 Å². The van der Waals surface area contributed by atoms with E-state index in [1.54, 1.807) is 20.8 Å². The molecule has 0 saturated carbocycles. The smallest absolute Gasteiger partial charge is 0.201 e. The number of aliphatic hydroxyl groups is 1. The summed E-state index contributed by atoms with van der Waals surface area (Å²) in [5.41, 5.74) is 1.93. The maximum absolute atomic E-state index is 14.2. The van der Waals surface area contributed by atoms with Crippen LogP contribution >= 0.6 is 63.7 Å². The number of carbonyl (C=O) groups is 2. The number of hydrogen-bond donors (Lipinski definition) is 5. The van der Waals surface area contributed by atoms with Crippen molar-refractivity contribution in [2.24, 2.45) is 0 Å². The van der Waals surface area contributed by atoms with Gasteiger partial charge in [-0.3, -0.25) is 9.59 Å². The minimum atomic E-state index is -0.696. The maximum Gasteiger partial charge on any atom is 0.201 e. The van der Waals surface area contributed by atoms with E-state index in [4.69, 9.17) is 0 Å². The molecule has 206 valence electrons. The van der Waals surface area contributed by atoms with Gasteiger partial charge >= 0.3 is 0 Å². The first-order valence-electron chi connectivity index (χ1n) is 11.8. The molecular formula is C29H20Br4O7. The summed E-state index contributed by atoms with van der Waals surface area (Å²) in [6.45, 7) is 6.57. The van der Waals surface area contributed by atoms with E-state index < -0.39 is 23.1 Å². The lowest BCUT2D eigenvalue weighted by Gasteiger charge is -2.30.